The van der Waals surface area contributed by atoms with Crippen LogP contribution in [0.2, 0.25) is 0 Å². The molecule has 0 aromatic heterocycles. The third-order valence-electron chi connectivity index (χ3n) is 3.61. The summed E-state index contributed by atoms with van der Waals surface area (Å²) in [6, 6.07) is 5.27. The number of aliphatic hydroxyl groups excluding tert-OH is 1. The molecule has 3 nitrogen and oxygen atoms in total. The molecule has 1 saturated carbocycles. The largest absolute Gasteiger partial charge is 0.396 e. The van der Waals surface area contributed by atoms with Crippen molar-refractivity contribution in [1.29, 1.82) is 0 Å². The van der Waals surface area contributed by atoms with Crippen molar-refractivity contribution in [3.63, 3.8) is 0 Å². The molecular formula is C14H19FN2OS. The fraction of sp³-hybridized carbons (Fsp3) is 0.500. The standard InChI is InChI=1S/C14H19FN2OS/c15-12-9-10(14(16)19)5-6-13(12)17(7-2-8-18)11-3-1-4-11/h5-6,9,11,18H,1-4,7-8H2,(H2,16,19). The van der Waals surface area contributed by atoms with E-state index in [1.54, 1.807) is 12.1 Å². The number of nitrogens with two attached hydrogens (primary N) is 1. The summed E-state index contributed by atoms with van der Waals surface area (Å²) >= 11 is 4.85. The SMILES string of the molecule is NC(=S)c1ccc(N(CCCO)C2CCC2)c(F)c1. The number of thiocarbonyl (C=S) groups is 1. The van der Waals surface area contributed by atoms with Crippen molar-refractivity contribution in [1.82, 2.24) is 0 Å². The van der Waals surface area contributed by atoms with Gasteiger partial charge in [-0.3, -0.25) is 0 Å². The summed E-state index contributed by atoms with van der Waals surface area (Å²) in [6.07, 6.45) is 4.00. The second-order valence-corrected chi connectivity index (χ2v) is 5.33. The van der Waals surface area contributed by atoms with Crippen LogP contribution in [0.25, 0.3) is 0 Å². The number of benzene rings is 1. The van der Waals surface area contributed by atoms with Gasteiger partial charge in [-0.25, -0.2) is 4.39 Å². The van der Waals surface area contributed by atoms with Gasteiger partial charge in [0, 0.05) is 24.8 Å². The van der Waals surface area contributed by atoms with Crippen LogP contribution < -0.4 is 10.6 Å². The second-order valence-electron chi connectivity index (χ2n) is 4.89. The molecule has 19 heavy (non-hydrogen) atoms. The van der Waals surface area contributed by atoms with Gasteiger partial charge in [-0.1, -0.05) is 12.2 Å². The lowest BCUT2D eigenvalue weighted by Gasteiger charge is -2.39. The minimum atomic E-state index is -0.296. The molecule has 0 radical (unpaired) electrons. The number of anilines is 1. The Kier molecular flexibility index (Phi) is 4.71. The molecule has 1 aromatic carbocycles. The van der Waals surface area contributed by atoms with Gasteiger partial charge in [0.25, 0.3) is 0 Å². The molecule has 0 heterocycles. The van der Waals surface area contributed by atoms with Gasteiger partial charge < -0.3 is 15.7 Å². The first kappa shape index (κ1) is 14.2. The Labute approximate surface area is 118 Å². The molecule has 1 aromatic rings. The maximum atomic E-state index is 14.2. The van der Waals surface area contributed by atoms with Crippen molar-refractivity contribution in [3.8, 4) is 0 Å². The van der Waals surface area contributed by atoms with Crippen molar-refractivity contribution >= 4 is 22.9 Å². The zero-order valence-electron chi connectivity index (χ0n) is 10.8. The van der Waals surface area contributed by atoms with Crippen molar-refractivity contribution in [2.75, 3.05) is 18.1 Å². The average molecular weight is 282 g/mol. The highest BCUT2D eigenvalue weighted by molar-refractivity contribution is 7.80. The first-order valence-electron chi connectivity index (χ1n) is 6.60. The highest BCUT2D eigenvalue weighted by Crippen LogP contribution is 2.31. The van der Waals surface area contributed by atoms with Crippen LogP contribution in [0.1, 0.15) is 31.2 Å². The van der Waals surface area contributed by atoms with Crippen LogP contribution in [0.3, 0.4) is 0 Å². The quantitative estimate of drug-likeness (QED) is 0.785. The fourth-order valence-electron chi connectivity index (χ4n) is 2.33. The van der Waals surface area contributed by atoms with E-state index in [9.17, 15) is 4.39 Å². The third-order valence-corrected chi connectivity index (χ3v) is 3.85. The molecule has 1 aliphatic carbocycles. The molecule has 0 bridgehead atoms. The molecular weight excluding hydrogens is 263 g/mol. The summed E-state index contributed by atoms with van der Waals surface area (Å²) in [6.45, 7) is 0.792. The summed E-state index contributed by atoms with van der Waals surface area (Å²) in [7, 11) is 0. The van der Waals surface area contributed by atoms with E-state index in [-0.39, 0.29) is 17.4 Å². The lowest BCUT2D eigenvalue weighted by atomic mass is 9.90. The van der Waals surface area contributed by atoms with Crippen molar-refractivity contribution in [3.05, 3.63) is 29.6 Å². The first-order chi connectivity index (χ1) is 9.13. The second kappa shape index (κ2) is 6.30. The summed E-state index contributed by atoms with van der Waals surface area (Å²) in [5.74, 6) is -0.296. The maximum absolute atomic E-state index is 14.2. The minimum Gasteiger partial charge on any atom is -0.396 e. The highest BCUT2D eigenvalue weighted by atomic mass is 32.1. The van der Waals surface area contributed by atoms with Gasteiger partial charge in [0.05, 0.1) is 5.69 Å². The van der Waals surface area contributed by atoms with E-state index < -0.39 is 0 Å². The van der Waals surface area contributed by atoms with E-state index in [4.69, 9.17) is 23.1 Å². The van der Waals surface area contributed by atoms with Gasteiger partial charge in [-0.15, -0.1) is 0 Å². The van der Waals surface area contributed by atoms with E-state index >= 15 is 0 Å². The Bertz CT molecular complexity index is 463. The molecule has 1 fully saturated rings. The van der Waals surface area contributed by atoms with Crippen LogP contribution in [-0.4, -0.2) is 29.3 Å². The number of aliphatic hydroxyl groups is 1. The van der Waals surface area contributed by atoms with Crippen LogP contribution in [0.15, 0.2) is 18.2 Å². The normalized spacial score (nSPS) is 15.1. The molecule has 2 rings (SSSR count). The number of halogens is 1. The first-order valence-corrected chi connectivity index (χ1v) is 7.01. The third kappa shape index (κ3) is 3.22. The van der Waals surface area contributed by atoms with Crippen molar-refractivity contribution in [2.45, 2.75) is 31.7 Å². The monoisotopic (exact) mass is 282 g/mol. The molecule has 0 atom stereocenters. The minimum absolute atomic E-state index is 0.121. The molecule has 104 valence electrons. The number of hydrogen-bond acceptors (Lipinski definition) is 3. The van der Waals surface area contributed by atoms with Crippen LogP contribution in [0.5, 0.6) is 0 Å². The number of nitrogens with zero attached hydrogens (tertiary/aromatic N) is 1. The average Bonchev–Trinajstić information content (AvgIpc) is 2.32. The van der Waals surface area contributed by atoms with E-state index in [0.29, 0.717) is 30.3 Å². The topological polar surface area (TPSA) is 49.5 Å². The molecule has 0 aliphatic heterocycles. The van der Waals surface area contributed by atoms with Gasteiger partial charge in [-0.05, 0) is 43.9 Å². The van der Waals surface area contributed by atoms with Crippen molar-refractivity contribution < 1.29 is 9.50 Å². The van der Waals surface area contributed by atoms with Gasteiger partial charge >= 0.3 is 0 Å². The lowest BCUT2D eigenvalue weighted by molar-refractivity contribution is 0.282. The fourth-order valence-corrected chi connectivity index (χ4v) is 2.46. The Morgan fingerprint density at radius 3 is 2.68 bits per heavy atom. The predicted octanol–water partition coefficient (Wildman–Crippen LogP) is 2.20. The zero-order chi connectivity index (χ0) is 13.8. The van der Waals surface area contributed by atoms with Gasteiger partial charge in [-0.2, -0.15) is 0 Å². The number of hydrogen-bond donors (Lipinski definition) is 2. The molecule has 0 saturated heterocycles. The summed E-state index contributed by atoms with van der Waals surface area (Å²) in [5.41, 5.74) is 6.63. The van der Waals surface area contributed by atoms with E-state index in [2.05, 4.69) is 4.90 Å². The number of rotatable bonds is 6. The van der Waals surface area contributed by atoms with E-state index in [1.165, 1.54) is 12.5 Å². The Morgan fingerprint density at radius 2 is 2.21 bits per heavy atom. The van der Waals surface area contributed by atoms with Gasteiger partial charge in [0.2, 0.25) is 0 Å². The van der Waals surface area contributed by atoms with E-state index in [0.717, 1.165) is 12.8 Å². The molecule has 0 unspecified atom stereocenters. The van der Waals surface area contributed by atoms with Gasteiger partial charge in [0.15, 0.2) is 0 Å². The Balaban J connectivity index is 2.22. The maximum Gasteiger partial charge on any atom is 0.147 e. The smallest absolute Gasteiger partial charge is 0.147 e. The molecule has 1 aliphatic rings. The lowest BCUT2D eigenvalue weighted by Crippen LogP contribution is -2.41. The Hall–Kier alpha value is -1.20. The predicted molar refractivity (Wildman–Crippen MR) is 79.0 cm³/mol. The molecule has 5 heteroatoms. The molecule has 3 N–H and O–H groups in total. The van der Waals surface area contributed by atoms with Gasteiger partial charge in [0.1, 0.15) is 10.8 Å². The Morgan fingerprint density at radius 1 is 1.47 bits per heavy atom. The van der Waals surface area contributed by atoms with Crippen molar-refractivity contribution in [2.24, 2.45) is 5.73 Å². The van der Waals surface area contributed by atoms with Crippen LogP contribution >= 0.6 is 12.2 Å². The van der Waals surface area contributed by atoms with Crippen LogP contribution in [-0.2, 0) is 0 Å². The van der Waals surface area contributed by atoms with Crippen LogP contribution in [0.4, 0.5) is 10.1 Å². The summed E-state index contributed by atoms with van der Waals surface area (Å²) in [5, 5.41) is 8.97. The summed E-state index contributed by atoms with van der Waals surface area (Å²) < 4.78 is 14.2. The molecule has 0 spiro atoms. The molecule has 0 amide bonds. The summed E-state index contributed by atoms with van der Waals surface area (Å²) in [4.78, 5) is 2.26. The van der Waals surface area contributed by atoms with Crippen LogP contribution in [0, 0.1) is 5.82 Å². The van der Waals surface area contributed by atoms with E-state index in [1.807, 2.05) is 0 Å². The zero-order valence-corrected chi connectivity index (χ0v) is 11.6. The highest BCUT2D eigenvalue weighted by Gasteiger charge is 2.26.